The summed E-state index contributed by atoms with van der Waals surface area (Å²) < 4.78 is 78.0. The van der Waals surface area contributed by atoms with Crippen LogP contribution in [0.15, 0.2) is 0 Å². The van der Waals surface area contributed by atoms with Gasteiger partial charge in [-0.25, -0.2) is 0 Å². The highest BCUT2D eigenvalue weighted by atomic mass is 79.9. The molecule has 2 nitrogen and oxygen atoms in total. The van der Waals surface area contributed by atoms with Crippen molar-refractivity contribution in [3.63, 3.8) is 0 Å². The summed E-state index contributed by atoms with van der Waals surface area (Å²) in [5, 5.41) is -0.283. The lowest BCUT2D eigenvalue weighted by atomic mass is 9.96. The van der Waals surface area contributed by atoms with Gasteiger partial charge in [0.2, 0.25) is 0 Å². The SMILES string of the molecule is FC(F)(F)OCC(CBr)(CBr)COC(F)(F)F. The molecule has 0 bridgehead atoms. The van der Waals surface area contributed by atoms with Crippen LogP contribution in [0.5, 0.6) is 0 Å². The summed E-state index contributed by atoms with van der Waals surface area (Å²) >= 11 is 5.69. The van der Waals surface area contributed by atoms with Crippen LogP contribution in [0.4, 0.5) is 26.3 Å². The van der Waals surface area contributed by atoms with Crippen LogP contribution < -0.4 is 0 Å². The zero-order valence-electron chi connectivity index (χ0n) is 8.17. The topological polar surface area (TPSA) is 18.5 Å². The summed E-state index contributed by atoms with van der Waals surface area (Å²) in [7, 11) is 0. The Kier molecular flexibility index (Phi) is 6.75. The molecule has 0 aromatic carbocycles. The van der Waals surface area contributed by atoms with Crippen LogP contribution in [-0.2, 0) is 9.47 Å². The fourth-order valence-electron chi connectivity index (χ4n) is 0.702. The molecule has 0 radical (unpaired) electrons. The van der Waals surface area contributed by atoms with E-state index >= 15 is 0 Å². The molecule has 0 amide bonds. The van der Waals surface area contributed by atoms with Crippen LogP contribution in [0.3, 0.4) is 0 Å². The average Bonchev–Trinajstić information content (AvgIpc) is 2.16. The highest BCUT2D eigenvalue weighted by Gasteiger charge is 2.40. The highest BCUT2D eigenvalue weighted by molar-refractivity contribution is 9.09. The van der Waals surface area contributed by atoms with Crippen LogP contribution in [0.2, 0.25) is 0 Å². The minimum atomic E-state index is -4.90. The molecule has 0 aliphatic carbocycles. The molecule has 0 aliphatic heterocycles. The molecule has 0 rings (SSSR count). The third-order valence-electron chi connectivity index (χ3n) is 1.65. The van der Waals surface area contributed by atoms with E-state index in [0.717, 1.165) is 0 Å². The van der Waals surface area contributed by atoms with Gasteiger partial charge in [-0.1, -0.05) is 31.9 Å². The molecule has 0 N–H and O–H groups in total. The summed E-state index contributed by atoms with van der Waals surface area (Å²) in [6, 6.07) is 0. The van der Waals surface area contributed by atoms with Crippen molar-refractivity contribution in [2.75, 3.05) is 23.9 Å². The lowest BCUT2D eigenvalue weighted by molar-refractivity contribution is -0.349. The molecule has 0 aromatic heterocycles. The first-order chi connectivity index (χ1) is 7.54. The molecule has 0 aromatic rings. The van der Waals surface area contributed by atoms with E-state index in [4.69, 9.17) is 0 Å². The van der Waals surface area contributed by atoms with Crippen LogP contribution in [0, 0.1) is 5.41 Å². The van der Waals surface area contributed by atoms with Gasteiger partial charge in [-0.2, -0.15) is 0 Å². The monoisotopic (exact) mass is 396 g/mol. The fourth-order valence-corrected chi connectivity index (χ4v) is 2.28. The Morgan fingerprint density at radius 2 is 1.00 bits per heavy atom. The van der Waals surface area contributed by atoms with E-state index in [9.17, 15) is 26.3 Å². The summed E-state index contributed by atoms with van der Waals surface area (Å²) in [6.45, 7) is -1.88. The first-order valence-electron chi connectivity index (χ1n) is 4.07. The molecule has 10 heteroatoms. The Morgan fingerprint density at radius 1 is 0.706 bits per heavy atom. The van der Waals surface area contributed by atoms with E-state index in [-0.39, 0.29) is 10.7 Å². The lowest BCUT2D eigenvalue weighted by Crippen LogP contribution is -2.39. The van der Waals surface area contributed by atoms with E-state index in [0.29, 0.717) is 0 Å². The van der Waals surface area contributed by atoms with Crippen LogP contribution >= 0.6 is 31.9 Å². The summed E-state index contributed by atoms with van der Waals surface area (Å²) in [5.74, 6) is 0. The number of hydrogen-bond acceptors (Lipinski definition) is 2. The van der Waals surface area contributed by atoms with Gasteiger partial charge >= 0.3 is 12.7 Å². The van der Waals surface area contributed by atoms with Gasteiger partial charge in [0.1, 0.15) is 0 Å². The lowest BCUT2D eigenvalue weighted by Gasteiger charge is -2.29. The summed E-state index contributed by atoms with van der Waals surface area (Å²) in [5.41, 5.74) is -1.45. The highest BCUT2D eigenvalue weighted by Crippen LogP contribution is 2.30. The molecule has 0 fully saturated rings. The number of halogens is 8. The molecular weight excluding hydrogens is 390 g/mol. The zero-order chi connectivity index (χ0) is 13.7. The minimum absolute atomic E-state index is 0.141. The standard InChI is InChI=1S/C7H8Br2F6O2/c8-1-5(2-9,3-16-6(10,11)12)4-17-7(13,14)15/h1-4H2. The maximum Gasteiger partial charge on any atom is 0.522 e. The van der Waals surface area contributed by atoms with Crippen molar-refractivity contribution >= 4 is 31.9 Å². The number of alkyl halides is 8. The molecule has 0 aliphatic rings. The van der Waals surface area contributed by atoms with Gasteiger partial charge in [0.15, 0.2) is 0 Å². The Bertz CT molecular complexity index is 205. The maximum absolute atomic E-state index is 11.8. The van der Waals surface area contributed by atoms with Crippen molar-refractivity contribution in [1.82, 2.24) is 0 Å². The Labute approximate surface area is 110 Å². The normalized spacial score (nSPS) is 14.1. The third kappa shape index (κ3) is 8.22. The number of rotatable bonds is 6. The van der Waals surface area contributed by atoms with Gasteiger partial charge in [0, 0.05) is 16.1 Å². The molecule has 0 atom stereocenters. The van der Waals surface area contributed by atoms with E-state index in [1.54, 1.807) is 0 Å². The van der Waals surface area contributed by atoms with Crippen LogP contribution in [0.1, 0.15) is 0 Å². The quantitative estimate of drug-likeness (QED) is 0.501. The predicted octanol–water partition coefficient (Wildman–Crippen LogP) is 3.84. The molecule has 0 unspecified atom stereocenters. The zero-order valence-corrected chi connectivity index (χ0v) is 11.3. The van der Waals surface area contributed by atoms with Gasteiger partial charge < -0.3 is 0 Å². The smallest absolute Gasteiger partial charge is 0.291 e. The minimum Gasteiger partial charge on any atom is -0.291 e. The molecule has 17 heavy (non-hydrogen) atoms. The third-order valence-corrected chi connectivity index (χ3v) is 4.03. The molecule has 0 saturated heterocycles. The van der Waals surface area contributed by atoms with Crippen molar-refractivity contribution in [2.45, 2.75) is 12.7 Å². The van der Waals surface area contributed by atoms with Crippen molar-refractivity contribution in [3.05, 3.63) is 0 Å². The molecule has 104 valence electrons. The van der Waals surface area contributed by atoms with Gasteiger partial charge in [-0.3, -0.25) is 9.47 Å². The maximum atomic E-state index is 11.8. The molecular formula is C7H8Br2F6O2. The second-order valence-electron chi connectivity index (χ2n) is 3.24. The number of hydrogen-bond donors (Lipinski definition) is 0. The second-order valence-corrected chi connectivity index (χ2v) is 4.36. The first kappa shape index (κ1) is 17.5. The second kappa shape index (κ2) is 6.58. The van der Waals surface area contributed by atoms with E-state index in [2.05, 4.69) is 41.3 Å². The van der Waals surface area contributed by atoms with Crippen LogP contribution in [0.25, 0.3) is 0 Å². The fraction of sp³-hybridized carbons (Fsp3) is 1.00. The predicted molar refractivity (Wildman–Crippen MR) is 54.0 cm³/mol. The van der Waals surface area contributed by atoms with E-state index in [1.165, 1.54) is 0 Å². The first-order valence-corrected chi connectivity index (χ1v) is 6.31. The largest absolute Gasteiger partial charge is 0.522 e. The van der Waals surface area contributed by atoms with Gasteiger partial charge in [-0.15, -0.1) is 26.3 Å². The molecule has 0 heterocycles. The van der Waals surface area contributed by atoms with Gasteiger partial charge in [-0.05, 0) is 0 Å². The van der Waals surface area contributed by atoms with Gasteiger partial charge in [0.25, 0.3) is 0 Å². The molecule has 0 saturated carbocycles. The summed E-state index contributed by atoms with van der Waals surface area (Å²) in [4.78, 5) is 0. The van der Waals surface area contributed by atoms with Crippen molar-refractivity contribution in [3.8, 4) is 0 Å². The van der Waals surface area contributed by atoms with Crippen molar-refractivity contribution in [1.29, 1.82) is 0 Å². The van der Waals surface area contributed by atoms with E-state index < -0.39 is 31.4 Å². The Morgan fingerprint density at radius 3 is 1.18 bits per heavy atom. The Balaban J connectivity index is 4.46. The summed E-state index contributed by atoms with van der Waals surface area (Å²) in [6.07, 6.45) is -9.79. The van der Waals surface area contributed by atoms with Crippen molar-refractivity contribution < 1.29 is 35.8 Å². The number of ether oxygens (including phenoxy) is 2. The van der Waals surface area contributed by atoms with Crippen molar-refractivity contribution in [2.24, 2.45) is 5.41 Å². The van der Waals surface area contributed by atoms with Crippen LogP contribution in [-0.4, -0.2) is 36.6 Å². The Hall–Kier alpha value is 0.460. The van der Waals surface area contributed by atoms with Gasteiger partial charge in [0.05, 0.1) is 13.2 Å². The average molecular weight is 398 g/mol. The molecule has 0 spiro atoms. The van der Waals surface area contributed by atoms with E-state index in [1.807, 2.05) is 0 Å².